The molecular formula is C18H18Cl2N2O3S. The molecule has 0 aliphatic heterocycles. The molecule has 0 aliphatic carbocycles. The van der Waals surface area contributed by atoms with E-state index in [4.69, 9.17) is 27.9 Å². The highest BCUT2D eigenvalue weighted by Crippen LogP contribution is 2.23. The van der Waals surface area contributed by atoms with Gasteiger partial charge in [-0.1, -0.05) is 35.3 Å². The molecule has 0 fully saturated rings. The molecule has 0 unspecified atom stereocenters. The number of amides is 2. The molecule has 0 saturated carbocycles. The number of para-hydroxylation sites is 1. The van der Waals surface area contributed by atoms with Gasteiger partial charge in [0.1, 0.15) is 5.75 Å². The number of hydrogen-bond donors (Lipinski definition) is 2. The second-order valence-electron chi connectivity index (χ2n) is 5.22. The fraction of sp³-hybridized carbons (Fsp3) is 0.222. The topological polar surface area (TPSA) is 67.4 Å². The van der Waals surface area contributed by atoms with E-state index < -0.39 is 5.91 Å². The summed E-state index contributed by atoms with van der Waals surface area (Å²) in [6, 6.07) is 14.4. The smallest absolute Gasteiger partial charge is 0.276 e. The van der Waals surface area contributed by atoms with Gasteiger partial charge in [0.15, 0.2) is 6.61 Å². The van der Waals surface area contributed by atoms with Gasteiger partial charge in [-0.05, 0) is 48.6 Å². The second-order valence-corrected chi connectivity index (χ2v) is 7.23. The summed E-state index contributed by atoms with van der Waals surface area (Å²) < 4.78 is 5.28. The maximum absolute atomic E-state index is 11.7. The van der Waals surface area contributed by atoms with E-state index in [-0.39, 0.29) is 12.5 Å². The van der Waals surface area contributed by atoms with Crippen LogP contribution in [-0.2, 0) is 9.59 Å². The molecule has 8 heteroatoms. The van der Waals surface area contributed by atoms with Crippen LogP contribution in [0.15, 0.2) is 53.4 Å². The third-order valence-electron chi connectivity index (χ3n) is 3.17. The van der Waals surface area contributed by atoms with E-state index in [1.807, 2.05) is 24.3 Å². The van der Waals surface area contributed by atoms with Gasteiger partial charge in [0, 0.05) is 16.3 Å². The molecule has 138 valence electrons. The van der Waals surface area contributed by atoms with Gasteiger partial charge in [-0.2, -0.15) is 0 Å². The first-order chi connectivity index (χ1) is 12.5. The summed E-state index contributed by atoms with van der Waals surface area (Å²) in [7, 11) is 0. The van der Waals surface area contributed by atoms with E-state index in [0.29, 0.717) is 28.6 Å². The van der Waals surface area contributed by atoms with Crippen LogP contribution in [0.25, 0.3) is 0 Å². The fourth-order valence-corrected chi connectivity index (χ4v) is 3.07. The number of thioether (sulfide) groups is 1. The van der Waals surface area contributed by atoms with Crippen molar-refractivity contribution >= 4 is 46.8 Å². The molecule has 0 bridgehead atoms. The molecular weight excluding hydrogens is 395 g/mol. The Bertz CT molecular complexity index is 741. The molecule has 26 heavy (non-hydrogen) atoms. The minimum atomic E-state index is -0.464. The first-order valence-electron chi connectivity index (χ1n) is 7.88. The Balaban J connectivity index is 1.57. The first-order valence-corrected chi connectivity index (χ1v) is 9.62. The number of hydrazine groups is 1. The number of halogens is 2. The Labute approximate surface area is 166 Å². The maximum Gasteiger partial charge on any atom is 0.276 e. The SMILES string of the molecule is O=C(CCCSc1ccc(Cl)cc1)NNC(=O)COc1ccccc1Cl. The van der Waals surface area contributed by atoms with E-state index in [1.165, 1.54) is 0 Å². The van der Waals surface area contributed by atoms with Crippen LogP contribution >= 0.6 is 35.0 Å². The van der Waals surface area contributed by atoms with Crippen LogP contribution in [0.5, 0.6) is 5.75 Å². The van der Waals surface area contributed by atoms with Crippen LogP contribution in [0.3, 0.4) is 0 Å². The van der Waals surface area contributed by atoms with Gasteiger partial charge >= 0.3 is 0 Å². The Morgan fingerprint density at radius 1 is 0.962 bits per heavy atom. The second kappa shape index (κ2) is 11.0. The number of rotatable bonds is 8. The van der Waals surface area contributed by atoms with Crippen molar-refractivity contribution in [3.63, 3.8) is 0 Å². The van der Waals surface area contributed by atoms with Crippen LogP contribution < -0.4 is 15.6 Å². The predicted octanol–water partition coefficient (Wildman–Crippen LogP) is 4.09. The monoisotopic (exact) mass is 412 g/mol. The van der Waals surface area contributed by atoms with E-state index >= 15 is 0 Å². The van der Waals surface area contributed by atoms with Gasteiger partial charge in [-0.15, -0.1) is 11.8 Å². The predicted molar refractivity (Wildman–Crippen MR) is 105 cm³/mol. The van der Waals surface area contributed by atoms with E-state index in [2.05, 4.69) is 10.9 Å². The van der Waals surface area contributed by atoms with E-state index in [1.54, 1.807) is 36.0 Å². The minimum Gasteiger partial charge on any atom is -0.482 e. The molecule has 2 aromatic rings. The summed E-state index contributed by atoms with van der Waals surface area (Å²) in [5.41, 5.74) is 4.67. The highest BCUT2D eigenvalue weighted by Gasteiger charge is 2.07. The molecule has 0 saturated heterocycles. The average Bonchev–Trinajstić information content (AvgIpc) is 2.64. The molecule has 2 N–H and O–H groups in total. The van der Waals surface area contributed by atoms with Crippen molar-refractivity contribution in [3.05, 3.63) is 58.6 Å². The summed E-state index contributed by atoms with van der Waals surface area (Å²) in [6.07, 6.45) is 0.997. The molecule has 2 amide bonds. The van der Waals surface area contributed by atoms with Crippen LogP contribution in [0.2, 0.25) is 10.0 Å². The molecule has 0 radical (unpaired) electrons. The van der Waals surface area contributed by atoms with Gasteiger partial charge in [-0.25, -0.2) is 0 Å². The van der Waals surface area contributed by atoms with Crippen molar-refractivity contribution < 1.29 is 14.3 Å². The van der Waals surface area contributed by atoms with Crippen molar-refractivity contribution in [2.75, 3.05) is 12.4 Å². The lowest BCUT2D eigenvalue weighted by Gasteiger charge is -2.09. The lowest BCUT2D eigenvalue weighted by Crippen LogP contribution is -2.43. The summed E-state index contributed by atoms with van der Waals surface area (Å²) in [5.74, 6) is 0.481. The van der Waals surface area contributed by atoms with Crippen LogP contribution in [0, 0.1) is 0 Å². The van der Waals surface area contributed by atoms with E-state index in [0.717, 1.165) is 10.6 Å². The average molecular weight is 413 g/mol. The molecule has 0 aliphatic rings. The van der Waals surface area contributed by atoms with Crippen molar-refractivity contribution in [1.82, 2.24) is 10.9 Å². The van der Waals surface area contributed by atoms with Crippen molar-refractivity contribution in [3.8, 4) is 5.75 Å². The minimum absolute atomic E-state index is 0.240. The van der Waals surface area contributed by atoms with Gasteiger partial charge in [0.05, 0.1) is 5.02 Å². The summed E-state index contributed by atoms with van der Waals surface area (Å²) in [5, 5.41) is 1.12. The molecule has 0 spiro atoms. The van der Waals surface area contributed by atoms with E-state index in [9.17, 15) is 9.59 Å². The van der Waals surface area contributed by atoms with Crippen molar-refractivity contribution in [1.29, 1.82) is 0 Å². The highest BCUT2D eigenvalue weighted by atomic mass is 35.5. The van der Waals surface area contributed by atoms with Crippen LogP contribution in [0.4, 0.5) is 0 Å². The molecule has 0 heterocycles. The summed E-state index contributed by atoms with van der Waals surface area (Å²) in [6.45, 7) is -0.240. The van der Waals surface area contributed by atoms with Gasteiger partial charge in [-0.3, -0.25) is 20.4 Å². The Hall–Kier alpha value is -1.89. The number of ether oxygens (including phenoxy) is 1. The van der Waals surface area contributed by atoms with Gasteiger partial charge in [0.25, 0.3) is 5.91 Å². The number of carbonyl (C=O) groups is 2. The van der Waals surface area contributed by atoms with Crippen molar-refractivity contribution in [2.24, 2.45) is 0 Å². The zero-order valence-corrected chi connectivity index (χ0v) is 16.2. The zero-order chi connectivity index (χ0) is 18.8. The first kappa shape index (κ1) is 20.4. The number of nitrogens with one attached hydrogen (secondary N) is 2. The third kappa shape index (κ3) is 7.56. The lowest BCUT2D eigenvalue weighted by atomic mass is 10.3. The number of hydrogen-bond acceptors (Lipinski definition) is 4. The fourth-order valence-electron chi connectivity index (χ4n) is 1.90. The maximum atomic E-state index is 11.7. The van der Waals surface area contributed by atoms with Gasteiger partial charge < -0.3 is 4.74 Å². The summed E-state index contributed by atoms with van der Waals surface area (Å²) in [4.78, 5) is 24.5. The number of carbonyl (C=O) groups excluding carboxylic acids is 2. The standard InChI is InChI=1S/C18H18Cl2N2O3S/c19-13-7-9-14(10-8-13)26-11-3-6-17(23)21-22-18(24)12-25-16-5-2-1-4-15(16)20/h1-2,4-5,7-10H,3,6,11-12H2,(H,21,23)(H,22,24). The Kier molecular flexibility index (Phi) is 8.61. The number of benzene rings is 2. The third-order valence-corrected chi connectivity index (χ3v) is 4.83. The normalized spacial score (nSPS) is 10.2. The Morgan fingerprint density at radius 2 is 1.65 bits per heavy atom. The highest BCUT2D eigenvalue weighted by molar-refractivity contribution is 7.99. The Morgan fingerprint density at radius 3 is 2.38 bits per heavy atom. The van der Waals surface area contributed by atoms with Crippen LogP contribution in [-0.4, -0.2) is 24.2 Å². The molecule has 2 aromatic carbocycles. The van der Waals surface area contributed by atoms with Crippen molar-refractivity contribution in [2.45, 2.75) is 17.7 Å². The zero-order valence-electron chi connectivity index (χ0n) is 13.8. The summed E-state index contributed by atoms with van der Waals surface area (Å²) >= 11 is 13.4. The largest absolute Gasteiger partial charge is 0.482 e. The quantitative estimate of drug-likeness (QED) is 0.389. The molecule has 5 nitrogen and oxygen atoms in total. The molecule has 2 rings (SSSR count). The molecule has 0 aromatic heterocycles. The van der Waals surface area contributed by atoms with Gasteiger partial charge in [0.2, 0.25) is 5.91 Å². The molecule has 0 atom stereocenters. The lowest BCUT2D eigenvalue weighted by molar-refractivity contribution is -0.130. The van der Waals surface area contributed by atoms with Crippen LogP contribution in [0.1, 0.15) is 12.8 Å².